The number of anilines is 1. The van der Waals surface area contributed by atoms with Crippen LogP contribution in [-0.4, -0.2) is 21.6 Å². The van der Waals surface area contributed by atoms with Gasteiger partial charge in [0, 0.05) is 17.1 Å². The fraction of sp³-hybridized carbons (Fsp3) is 0.125. The number of hydrogen-bond acceptors (Lipinski definition) is 3. The van der Waals surface area contributed by atoms with Crippen molar-refractivity contribution in [2.45, 2.75) is 20.8 Å². The maximum atomic E-state index is 12.6. The minimum atomic E-state index is -1.06. The summed E-state index contributed by atoms with van der Waals surface area (Å²) in [5.74, 6) is -1.57. The van der Waals surface area contributed by atoms with Gasteiger partial charge in [0.2, 0.25) is 0 Å². The lowest BCUT2D eigenvalue weighted by molar-refractivity contribution is -0.112. The monoisotopic (exact) mass is 433 g/mol. The van der Waals surface area contributed by atoms with Crippen LogP contribution in [0.2, 0.25) is 5.02 Å². The van der Waals surface area contributed by atoms with Crippen LogP contribution in [0.5, 0.6) is 0 Å². The normalized spacial score (nSPS) is 11.1. The lowest BCUT2D eigenvalue weighted by Crippen LogP contribution is -2.13. The molecule has 0 fully saturated rings. The minimum Gasteiger partial charge on any atom is -0.478 e. The number of aryl methyl sites for hydroxylation is 2. The van der Waals surface area contributed by atoms with Crippen molar-refractivity contribution in [3.8, 4) is 11.8 Å². The summed E-state index contributed by atoms with van der Waals surface area (Å²) in [6, 6.07) is 15.5. The smallest absolute Gasteiger partial charge is 0.335 e. The number of carbonyl (C=O) groups is 2. The molecular weight excluding hydrogens is 414 g/mol. The van der Waals surface area contributed by atoms with E-state index in [1.807, 2.05) is 51.1 Å². The first-order chi connectivity index (χ1) is 14.7. The molecule has 1 heterocycles. The molecule has 156 valence electrons. The molecule has 6 nitrogen and oxygen atoms in total. The first kappa shape index (κ1) is 21.9. The van der Waals surface area contributed by atoms with Gasteiger partial charge < -0.3 is 15.0 Å². The average Bonchev–Trinajstić information content (AvgIpc) is 2.99. The molecule has 31 heavy (non-hydrogen) atoms. The summed E-state index contributed by atoms with van der Waals surface area (Å²) in [5, 5.41) is 22.0. The zero-order chi connectivity index (χ0) is 22.7. The molecule has 1 amide bonds. The van der Waals surface area contributed by atoms with Crippen LogP contribution >= 0.6 is 11.6 Å². The molecule has 0 saturated heterocycles. The van der Waals surface area contributed by atoms with Crippen molar-refractivity contribution >= 4 is 35.2 Å². The Morgan fingerprint density at radius 3 is 2.52 bits per heavy atom. The van der Waals surface area contributed by atoms with Crippen LogP contribution in [0.15, 0.2) is 54.1 Å². The number of halogens is 1. The molecule has 0 spiro atoms. The number of carboxylic acids is 1. The van der Waals surface area contributed by atoms with Gasteiger partial charge in [0.25, 0.3) is 5.91 Å². The molecule has 0 aliphatic heterocycles. The zero-order valence-electron chi connectivity index (χ0n) is 17.2. The molecule has 0 aliphatic carbocycles. The van der Waals surface area contributed by atoms with E-state index < -0.39 is 11.9 Å². The number of carboxylic acid groups (broad SMARTS) is 1. The summed E-state index contributed by atoms with van der Waals surface area (Å²) in [5.41, 5.74) is 4.33. The van der Waals surface area contributed by atoms with Gasteiger partial charge in [-0.05, 0) is 74.4 Å². The Morgan fingerprint density at radius 2 is 1.87 bits per heavy atom. The Labute approximate surface area is 185 Å². The van der Waals surface area contributed by atoms with Gasteiger partial charge in [-0.1, -0.05) is 23.7 Å². The largest absolute Gasteiger partial charge is 0.478 e. The predicted molar refractivity (Wildman–Crippen MR) is 121 cm³/mol. The molecule has 0 radical (unpaired) electrons. The van der Waals surface area contributed by atoms with Gasteiger partial charge in [0.05, 0.1) is 16.3 Å². The molecule has 2 aromatic carbocycles. The fourth-order valence-electron chi connectivity index (χ4n) is 3.35. The van der Waals surface area contributed by atoms with Crippen LogP contribution in [0.1, 0.15) is 32.9 Å². The Balaban J connectivity index is 2.00. The number of aromatic nitrogens is 1. The Bertz CT molecular complexity index is 1270. The molecule has 0 saturated carbocycles. The highest BCUT2D eigenvalue weighted by molar-refractivity contribution is 6.32. The van der Waals surface area contributed by atoms with E-state index >= 15 is 0 Å². The van der Waals surface area contributed by atoms with E-state index in [0.29, 0.717) is 22.0 Å². The number of aromatic carboxylic acids is 1. The zero-order valence-corrected chi connectivity index (χ0v) is 18.0. The van der Waals surface area contributed by atoms with Gasteiger partial charge in [0.1, 0.15) is 11.6 Å². The van der Waals surface area contributed by atoms with Crippen LogP contribution in [0.25, 0.3) is 11.8 Å². The van der Waals surface area contributed by atoms with Crippen molar-refractivity contribution in [3.63, 3.8) is 0 Å². The SMILES string of the molecule is Cc1cccc(NC(=O)/C(C#N)=C\c2cc(C)n(-c3cc(C(=O)O)ccc3Cl)c2C)c1. The highest BCUT2D eigenvalue weighted by atomic mass is 35.5. The number of carbonyl (C=O) groups excluding carboxylic acids is 1. The number of hydrogen-bond donors (Lipinski definition) is 2. The molecule has 1 aromatic heterocycles. The summed E-state index contributed by atoms with van der Waals surface area (Å²) in [6.45, 7) is 5.57. The van der Waals surface area contributed by atoms with E-state index in [4.69, 9.17) is 11.6 Å². The second kappa shape index (κ2) is 8.90. The van der Waals surface area contributed by atoms with Crippen LogP contribution in [-0.2, 0) is 4.79 Å². The van der Waals surface area contributed by atoms with Gasteiger partial charge in [-0.3, -0.25) is 4.79 Å². The third-order valence-electron chi connectivity index (χ3n) is 4.85. The molecule has 3 aromatic rings. The third-order valence-corrected chi connectivity index (χ3v) is 5.16. The van der Waals surface area contributed by atoms with E-state index in [0.717, 1.165) is 17.0 Å². The molecule has 3 rings (SSSR count). The van der Waals surface area contributed by atoms with Crippen molar-refractivity contribution in [3.05, 3.63) is 87.2 Å². The standard InChI is InChI=1S/C24H20ClN3O3/c1-14-5-4-6-20(9-14)27-23(29)19(13-26)11-18-10-15(2)28(16(18)3)22-12-17(24(30)31)7-8-21(22)25/h4-12H,1-3H3,(H,27,29)(H,30,31)/b19-11-. The van der Waals surface area contributed by atoms with E-state index in [1.165, 1.54) is 24.3 Å². The summed E-state index contributed by atoms with van der Waals surface area (Å²) in [6.07, 6.45) is 1.51. The van der Waals surface area contributed by atoms with Crippen molar-refractivity contribution in [2.24, 2.45) is 0 Å². The number of rotatable bonds is 5. The Kier molecular flexibility index (Phi) is 6.28. The van der Waals surface area contributed by atoms with E-state index in [9.17, 15) is 20.0 Å². The summed E-state index contributed by atoms with van der Waals surface area (Å²) < 4.78 is 1.80. The van der Waals surface area contributed by atoms with Gasteiger partial charge in [-0.25, -0.2) is 4.79 Å². The van der Waals surface area contributed by atoms with E-state index in [-0.39, 0.29) is 11.1 Å². The maximum absolute atomic E-state index is 12.6. The summed E-state index contributed by atoms with van der Waals surface area (Å²) in [4.78, 5) is 24.0. The van der Waals surface area contributed by atoms with Crippen molar-refractivity contribution in [1.29, 1.82) is 5.26 Å². The molecule has 0 bridgehead atoms. The van der Waals surface area contributed by atoms with Gasteiger partial charge in [-0.2, -0.15) is 5.26 Å². The predicted octanol–water partition coefficient (Wildman–Crippen LogP) is 5.30. The van der Waals surface area contributed by atoms with Crippen molar-refractivity contribution in [1.82, 2.24) is 4.57 Å². The number of amides is 1. The first-order valence-electron chi connectivity index (χ1n) is 9.43. The van der Waals surface area contributed by atoms with E-state index in [1.54, 1.807) is 10.6 Å². The van der Waals surface area contributed by atoms with Crippen LogP contribution < -0.4 is 5.32 Å². The second-order valence-corrected chi connectivity index (χ2v) is 7.53. The van der Waals surface area contributed by atoms with Crippen LogP contribution in [0, 0.1) is 32.1 Å². The third kappa shape index (κ3) is 4.68. The highest BCUT2D eigenvalue weighted by Crippen LogP contribution is 2.28. The van der Waals surface area contributed by atoms with Gasteiger partial charge in [-0.15, -0.1) is 0 Å². The Morgan fingerprint density at radius 1 is 1.13 bits per heavy atom. The number of nitrogens with one attached hydrogen (secondary N) is 1. The highest BCUT2D eigenvalue weighted by Gasteiger charge is 2.17. The lowest BCUT2D eigenvalue weighted by Gasteiger charge is -2.12. The van der Waals surface area contributed by atoms with E-state index in [2.05, 4.69) is 5.32 Å². The maximum Gasteiger partial charge on any atom is 0.335 e. The van der Waals surface area contributed by atoms with Gasteiger partial charge >= 0.3 is 5.97 Å². The number of nitriles is 1. The first-order valence-corrected chi connectivity index (χ1v) is 9.81. The van der Waals surface area contributed by atoms with Crippen LogP contribution in [0.3, 0.4) is 0 Å². The Hall–Kier alpha value is -3.82. The second-order valence-electron chi connectivity index (χ2n) is 7.13. The fourth-order valence-corrected chi connectivity index (χ4v) is 3.55. The quantitative estimate of drug-likeness (QED) is 0.421. The molecule has 2 N–H and O–H groups in total. The van der Waals surface area contributed by atoms with Crippen molar-refractivity contribution < 1.29 is 14.7 Å². The number of nitrogens with zero attached hydrogens (tertiary/aromatic N) is 2. The summed E-state index contributed by atoms with van der Waals surface area (Å²) in [7, 11) is 0. The molecule has 0 unspecified atom stereocenters. The van der Waals surface area contributed by atoms with Crippen molar-refractivity contribution in [2.75, 3.05) is 5.32 Å². The van der Waals surface area contributed by atoms with Gasteiger partial charge in [0.15, 0.2) is 0 Å². The topological polar surface area (TPSA) is 95.1 Å². The average molecular weight is 434 g/mol. The molecule has 0 aliphatic rings. The van der Waals surface area contributed by atoms with Crippen LogP contribution in [0.4, 0.5) is 5.69 Å². The minimum absolute atomic E-state index is 0.0489. The molecule has 7 heteroatoms. The molecule has 0 atom stereocenters. The number of benzene rings is 2. The lowest BCUT2D eigenvalue weighted by atomic mass is 10.1. The summed E-state index contributed by atoms with van der Waals surface area (Å²) >= 11 is 6.33. The molecular formula is C24H20ClN3O3.